The van der Waals surface area contributed by atoms with E-state index in [1.54, 1.807) is 5.38 Å². The van der Waals surface area contributed by atoms with Gasteiger partial charge in [0.25, 0.3) is 0 Å². The molecule has 1 rings (SSSR count). The van der Waals surface area contributed by atoms with E-state index < -0.39 is 10.1 Å². The first-order chi connectivity index (χ1) is 4.50. The van der Waals surface area contributed by atoms with E-state index >= 15 is 0 Å². The normalized spacial score (nSPS) is 11.8. The fourth-order valence-corrected chi connectivity index (χ4v) is 2.64. The van der Waals surface area contributed by atoms with Gasteiger partial charge in [-0.05, 0) is 22.0 Å². The predicted molar refractivity (Wildman–Crippen MR) is 41.8 cm³/mol. The van der Waals surface area contributed by atoms with Crippen LogP contribution in [0.3, 0.4) is 0 Å². The van der Waals surface area contributed by atoms with Crippen LogP contribution in [0.25, 0.3) is 0 Å². The molecule has 0 aliphatic rings. The lowest BCUT2D eigenvalue weighted by Crippen LogP contribution is -1.93. The molecule has 3 nitrogen and oxygen atoms in total. The Labute approximate surface area is 70.6 Å². The molecule has 0 unspecified atom stereocenters. The Morgan fingerprint density at radius 2 is 2.20 bits per heavy atom. The standard InChI is InChI=1S/C4H3BrO3S2/c5-3-1-4(9-2-3)10(6,7)8/h1-2H,(H,6,7,8). The average molecular weight is 243 g/mol. The van der Waals surface area contributed by atoms with Gasteiger partial charge in [0.15, 0.2) is 0 Å². The number of rotatable bonds is 1. The van der Waals surface area contributed by atoms with Gasteiger partial charge in [-0.2, -0.15) is 8.42 Å². The zero-order chi connectivity index (χ0) is 7.78. The summed E-state index contributed by atoms with van der Waals surface area (Å²) in [6, 6.07) is 1.35. The molecule has 0 aromatic carbocycles. The molecule has 0 aliphatic heterocycles. The maximum absolute atomic E-state index is 10.4. The van der Waals surface area contributed by atoms with Crippen LogP contribution < -0.4 is 0 Å². The van der Waals surface area contributed by atoms with Crippen molar-refractivity contribution < 1.29 is 13.0 Å². The minimum Gasteiger partial charge on any atom is -0.281 e. The molecule has 1 aromatic rings. The molecular formula is C4H3BrO3S2. The van der Waals surface area contributed by atoms with Gasteiger partial charge >= 0.3 is 10.1 Å². The summed E-state index contributed by atoms with van der Waals surface area (Å²) >= 11 is 4.03. The van der Waals surface area contributed by atoms with Crippen molar-refractivity contribution in [3.8, 4) is 0 Å². The molecule has 0 saturated carbocycles. The average Bonchev–Trinajstić information content (AvgIpc) is 2.11. The van der Waals surface area contributed by atoms with Crippen molar-refractivity contribution in [2.24, 2.45) is 0 Å². The Bertz CT molecular complexity index is 326. The molecule has 0 aliphatic carbocycles. The van der Waals surface area contributed by atoms with E-state index in [0.717, 1.165) is 11.3 Å². The lowest BCUT2D eigenvalue weighted by Gasteiger charge is -1.85. The van der Waals surface area contributed by atoms with Gasteiger partial charge in [0, 0.05) is 9.85 Å². The number of hydrogen-bond donors (Lipinski definition) is 1. The van der Waals surface area contributed by atoms with E-state index in [-0.39, 0.29) is 4.21 Å². The van der Waals surface area contributed by atoms with Crippen molar-refractivity contribution in [3.63, 3.8) is 0 Å². The monoisotopic (exact) mass is 242 g/mol. The SMILES string of the molecule is O=S(=O)(O)c1cc(Br)cs1. The van der Waals surface area contributed by atoms with Crippen molar-refractivity contribution in [2.75, 3.05) is 0 Å². The third-order valence-corrected chi connectivity index (χ3v) is 3.83. The Kier molecular flexibility index (Phi) is 2.14. The maximum Gasteiger partial charge on any atom is 0.304 e. The predicted octanol–water partition coefficient (Wildman–Crippen LogP) is 1.76. The molecule has 1 N–H and O–H groups in total. The first-order valence-corrected chi connectivity index (χ1v) is 5.33. The van der Waals surface area contributed by atoms with E-state index in [9.17, 15) is 8.42 Å². The van der Waals surface area contributed by atoms with Crippen molar-refractivity contribution in [1.29, 1.82) is 0 Å². The zero-order valence-electron chi connectivity index (χ0n) is 4.61. The second-order valence-electron chi connectivity index (χ2n) is 1.56. The molecule has 6 heteroatoms. The van der Waals surface area contributed by atoms with E-state index in [1.165, 1.54) is 6.07 Å². The van der Waals surface area contributed by atoms with Gasteiger partial charge < -0.3 is 0 Å². The lowest BCUT2D eigenvalue weighted by molar-refractivity contribution is 0.485. The Hall–Kier alpha value is 0.0900. The summed E-state index contributed by atoms with van der Waals surface area (Å²) in [6.45, 7) is 0. The van der Waals surface area contributed by atoms with Crippen LogP contribution in [0, 0.1) is 0 Å². The van der Waals surface area contributed by atoms with Gasteiger partial charge in [0.1, 0.15) is 4.21 Å². The zero-order valence-corrected chi connectivity index (χ0v) is 7.83. The van der Waals surface area contributed by atoms with Crippen LogP contribution in [-0.2, 0) is 10.1 Å². The van der Waals surface area contributed by atoms with Crippen LogP contribution >= 0.6 is 27.3 Å². The third kappa shape index (κ3) is 1.79. The van der Waals surface area contributed by atoms with Gasteiger partial charge in [0.2, 0.25) is 0 Å². The number of thiophene rings is 1. The maximum atomic E-state index is 10.4. The van der Waals surface area contributed by atoms with Crippen molar-refractivity contribution in [3.05, 3.63) is 15.9 Å². The van der Waals surface area contributed by atoms with Crippen LogP contribution in [0.1, 0.15) is 0 Å². The minimum absolute atomic E-state index is 0.0422. The van der Waals surface area contributed by atoms with Crippen LogP contribution in [0.5, 0.6) is 0 Å². The van der Waals surface area contributed by atoms with Gasteiger partial charge in [-0.3, -0.25) is 4.55 Å². The van der Waals surface area contributed by atoms with Crippen LogP contribution in [-0.4, -0.2) is 13.0 Å². The molecule has 0 atom stereocenters. The molecule has 56 valence electrons. The largest absolute Gasteiger partial charge is 0.304 e. The van der Waals surface area contributed by atoms with Gasteiger partial charge in [-0.25, -0.2) is 0 Å². The summed E-state index contributed by atoms with van der Waals surface area (Å²) in [6.07, 6.45) is 0. The van der Waals surface area contributed by atoms with Gasteiger partial charge in [0.05, 0.1) is 0 Å². The van der Waals surface area contributed by atoms with E-state index in [2.05, 4.69) is 15.9 Å². The first-order valence-electron chi connectivity index (χ1n) is 2.21. The third-order valence-electron chi connectivity index (χ3n) is 0.798. The summed E-state index contributed by atoms with van der Waals surface area (Å²) in [5.41, 5.74) is 0. The highest BCUT2D eigenvalue weighted by Gasteiger charge is 2.10. The summed E-state index contributed by atoms with van der Waals surface area (Å²) in [5, 5.41) is 1.59. The topological polar surface area (TPSA) is 54.4 Å². The second kappa shape index (κ2) is 2.61. The minimum atomic E-state index is -3.99. The summed E-state index contributed by atoms with van der Waals surface area (Å²) in [4.78, 5) is 0. The Morgan fingerprint density at radius 3 is 2.40 bits per heavy atom. The molecule has 0 fully saturated rings. The van der Waals surface area contributed by atoms with E-state index in [1.807, 2.05) is 0 Å². The van der Waals surface area contributed by atoms with Crippen molar-refractivity contribution in [1.82, 2.24) is 0 Å². The molecule has 1 heterocycles. The molecular weight excluding hydrogens is 240 g/mol. The number of hydrogen-bond acceptors (Lipinski definition) is 3. The summed E-state index contributed by atoms with van der Waals surface area (Å²) < 4.78 is 29.9. The van der Waals surface area contributed by atoms with E-state index in [0.29, 0.717) is 4.47 Å². The molecule has 1 aromatic heterocycles. The summed E-state index contributed by atoms with van der Waals surface area (Å²) in [5.74, 6) is 0. The Morgan fingerprint density at radius 1 is 1.60 bits per heavy atom. The molecule has 0 bridgehead atoms. The smallest absolute Gasteiger partial charge is 0.281 e. The van der Waals surface area contributed by atoms with Crippen LogP contribution in [0.15, 0.2) is 20.1 Å². The fourth-order valence-electron chi connectivity index (χ4n) is 0.430. The van der Waals surface area contributed by atoms with Crippen LogP contribution in [0.2, 0.25) is 0 Å². The summed E-state index contributed by atoms with van der Waals surface area (Å²) in [7, 11) is -3.99. The van der Waals surface area contributed by atoms with E-state index in [4.69, 9.17) is 4.55 Å². The van der Waals surface area contributed by atoms with Gasteiger partial charge in [-0.15, -0.1) is 11.3 Å². The highest BCUT2D eigenvalue weighted by molar-refractivity contribution is 9.10. The molecule has 0 saturated heterocycles. The first kappa shape index (κ1) is 8.19. The number of halogens is 1. The van der Waals surface area contributed by atoms with Gasteiger partial charge in [-0.1, -0.05) is 0 Å². The fraction of sp³-hybridized carbons (Fsp3) is 0. The molecule has 0 spiro atoms. The van der Waals surface area contributed by atoms with Crippen molar-refractivity contribution in [2.45, 2.75) is 4.21 Å². The quantitative estimate of drug-likeness (QED) is 0.764. The molecule has 0 amide bonds. The highest BCUT2D eigenvalue weighted by Crippen LogP contribution is 2.23. The lowest BCUT2D eigenvalue weighted by atomic mass is 10.7. The second-order valence-corrected chi connectivity index (χ2v) is 5.03. The highest BCUT2D eigenvalue weighted by atomic mass is 79.9. The van der Waals surface area contributed by atoms with Crippen LogP contribution in [0.4, 0.5) is 0 Å². The molecule has 0 radical (unpaired) electrons. The molecule has 10 heavy (non-hydrogen) atoms. The Balaban J connectivity index is 3.21. The van der Waals surface area contributed by atoms with Crippen molar-refractivity contribution >= 4 is 37.4 Å².